The number of hydrogen-bond donors (Lipinski definition) is 2. The predicted octanol–water partition coefficient (Wildman–Crippen LogP) is -1.56. The van der Waals surface area contributed by atoms with Gasteiger partial charge >= 0.3 is 0 Å². The van der Waals surface area contributed by atoms with Crippen molar-refractivity contribution in [2.24, 2.45) is 0 Å². The van der Waals surface area contributed by atoms with Crippen LogP contribution in [0, 0.1) is 5.21 Å². The zero-order chi connectivity index (χ0) is 3.41. The Kier molecular flexibility index (Phi) is 2.68. The Labute approximate surface area is 22.3 Å². The highest BCUT2D eigenvalue weighted by molar-refractivity contribution is 3.72. The zero-order valence-electron chi connectivity index (χ0n) is 1.86. The lowest BCUT2D eigenvalue weighted by Gasteiger charge is -1.86. The van der Waals surface area contributed by atoms with E-state index < -0.39 is 0 Å². The van der Waals surface area contributed by atoms with Gasteiger partial charge in [0.05, 0.1) is 0 Å². The SMILES string of the molecule is [O-][NH2+]NF. The molecule has 0 aromatic carbocycles. The summed E-state index contributed by atoms with van der Waals surface area (Å²) in [6.07, 6.45) is 0. The maximum Gasteiger partial charge on any atom is -0.00176 e. The van der Waals surface area contributed by atoms with Gasteiger partial charge < -0.3 is 5.21 Å². The summed E-state index contributed by atoms with van der Waals surface area (Å²) >= 11 is 0. The van der Waals surface area contributed by atoms with Gasteiger partial charge in [0.1, 0.15) is 0 Å². The van der Waals surface area contributed by atoms with Crippen molar-refractivity contribution in [3.63, 3.8) is 0 Å². The molecule has 4 heavy (non-hydrogen) atoms. The molecule has 0 amide bonds. The maximum absolute atomic E-state index is 10.1. The van der Waals surface area contributed by atoms with E-state index in [-0.39, 0.29) is 5.59 Å². The van der Waals surface area contributed by atoms with Gasteiger partial charge in [0.2, 0.25) is 0 Å². The molecule has 0 rings (SSSR count). The second-order valence-electron chi connectivity index (χ2n) is 0.227. The van der Waals surface area contributed by atoms with E-state index in [0.717, 1.165) is 5.65 Å². The summed E-state index contributed by atoms with van der Waals surface area (Å²) in [5, 5.41) is 8.69. The molecule has 0 fully saturated rings. The number of rotatable bonds is 1. The van der Waals surface area contributed by atoms with Crippen molar-refractivity contribution in [3.05, 3.63) is 5.21 Å². The van der Waals surface area contributed by atoms with Gasteiger partial charge in [-0.2, -0.15) is 0 Å². The molecule has 0 saturated heterocycles. The molecule has 0 saturated carbocycles. The van der Waals surface area contributed by atoms with E-state index in [2.05, 4.69) is 0 Å². The minimum absolute atomic E-state index is 0.0417. The number of nitrogens with one attached hydrogen (secondary N) is 1. The smallest absolute Gasteiger partial charge is 0.00176 e. The molecule has 0 aliphatic carbocycles. The Morgan fingerprint density at radius 2 is 2.25 bits per heavy atom. The molecule has 4 heteroatoms. The van der Waals surface area contributed by atoms with Gasteiger partial charge in [0.25, 0.3) is 0 Å². The zero-order valence-corrected chi connectivity index (χ0v) is 1.86. The van der Waals surface area contributed by atoms with Crippen molar-refractivity contribution in [1.82, 2.24) is 5.65 Å². The summed E-state index contributed by atoms with van der Waals surface area (Å²) in [5.74, 6) is 0. The van der Waals surface area contributed by atoms with Crippen LogP contribution in [0.15, 0.2) is 0 Å². The highest BCUT2D eigenvalue weighted by Crippen LogP contribution is 1.14. The van der Waals surface area contributed by atoms with Crippen molar-refractivity contribution in [3.8, 4) is 0 Å². The van der Waals surface area contributed by atoms with Gasteiger partial charge in [0, 0.05) is 0 Å². The summed E-state index contributed by atoms with van der Waals surface area (Å²) in [6, 6.07) is 0. The first-order valence-electron chi connectivity index (χ1n) is 0.713. The first kappa shape index (κ1) is 3.81. The van der Waals surface area contributed by atoms with Gasteiger partial charge in [0.15, 0.2) is 0 Å². The van der Waals surface area contributed by atoms with Crippen LogP contribution in [0.2, 0.25) is 0 Å². The van der Waals surface area contributed by atoms with Crippen LogP contribution in [0.5, 0.6) is 0 Å². The summed E-state index contributed by atoms with van der Waals surface area (Å²) < 4.78 is 10.1. The molecule has 0 unspecified atom stereocenters. The lowest BCUT2D eigenvalue weighted by atomic mass is 12.8. The van der Waals surface area contributed by atoms with Crippen molar-refractivity contribution >= 4 is 0 Å². The Morgan fingerprint density at radius 1 is 2.00 bits per heavy atom. The average Bonchev–Trinajstić information content (AvgIpc) is 1.37. The molecule has 0 atom stereocenters. The van der Waals surface area contributed by atoms with Crippen LogP contribution in [-0.2, 0) is 0 Å². The number of nitrogens with two attached hydrogens (primary N) is 1. The van der Waals surface area contributed by atoms with E-state index in [4.69, 9.17) is 5.21 Å². The van der Waals surface area contributed by atoms with Crippen LogP contribution < -0.4 is 11.2 Å². The van der Waals surface area contributed by atoms with Gasteiger partial charge in [-0.25, -0.2) is 0 Å². The first-order chi connectivity index (χ1) is 1.91. The summed E-state index contributed by atoms with van der Waals surface area (Å²) in [7, 11) is 0. The van der Waals surface area contributed by atoms with Crippen LogP contribution in [-0.4, -0.2) is 0 Å². The summed E-state index contributed by atoms with van der Waals surface area (Å²) in [4.78, 5) is 0. The second-order valence-corrected chi connectivity index (χ2v) is 0.227. The van der Waals surface area contributed by atoms with Crippen LogP contribution in [0.25, 0.3) is 0 Å². The lowest BCUT2D eigenvalue weighted by molar-refractivity contribution is -0.682. The average molecular weight is 66.0 g/mol. The molecule has 0 radical (unpaired) electrons. The van der Waals surface area contributed by atoms with E-state index >= 15 is 0 Å². The molecule has 3 nitrogen and oxygen atoms in total. The second kappa shape index (κ2) is 2.81. The molecule has 0 aromatic heterocycles. The molecule has 26 valence electrons. The minimum Gasteiger partial charge on any atom is -0.613 e. The molecular weight excluding hydrogens is 63.0 g/mol. The maximum atomic E-state index is 10.1. The van der Waals surface area contributed by atoms with Crippen LogP contribution in [0.1, 0.15) is 0 Å². The molecule has 0 aliphatic heterocycles. The summed E-state index contributed by atoms with van der Waals surface area (Å²) in [5.41, 5.74) is 0.708. The molecule has 0 spiro atoms. The molecule has 3 N–H and O–H groups in total. The fourth-order valence-corrected chi connectivity index (χ4v) is 0. The van der Waals surface area contributed by atoms with Crippen LogP contribution in [0.3, 0.4) is 0 Å². The molecule has 0 aromatic rings. The quantitative estimate of drug-likeness (QED) is 0.221. The fraction of sp³-hybridized carbons (Fsp3) is 0. The highest BCUT2D eigenvalue weighted by Gasteiger charge is 1.45. The Morgan fingerprint density at radius 3 is 2.25 bits per heavy atom. The van der Waals surface area contributed by atoms with Crippen LogP contribution >= 0.6 is 0 Å². The van der Waals surface area contributed by atoms with E-state index in [1.165, 1.54) is 0 Å². The van der Waals surface area contributed by atoms with Gasteiger partial charge in [-0.1, -0.05) is 4.48 Å². The molecular formula is H3FN2O. The summed E-state index contributed by atoms with van der Waals surface area (Å²) in [6.45, 7) is 0. The Balaban J connectivity index is 1.97. The third kappa shape index (κ3) is 1.81. The van der Waals surface area contributed by atoms with Crippen molar-refractivity contribution in [2.45, 2.75) is 0 Å². The normalized spacial score (nSPS) is 7.50. The topological polar surface area (TPSA) is 51.7 Å². The predicted molar refractivity (Wildman–Crippen MR) is 9.54 cm³/mol. The Bertz CT molecular complexity index is 8.00. The van der Waals surface area contributed by atoms with E-state index in [9.17, 15) is 4.48 Å². The number of halogens is 1. The monoisotopic (exact) mass is 66.0 g/mol. The van der Waals surface area contributed by atoms with Gasteiger partial charge in [-0.15, -0.1) is 0 Å². The molecule has 0 heterocycles. The third-order valence-electron chi connectivity index (χ3n) is 0.0445. The standard InChI is InChI=1S/FH3N2O/c1-2-3-4/h2H,3H2. The molecule has 0 bridgehead atoms. The highest BCUT2D eigenvalue weighted by atomic mass is 19.2. The van der Waals surface area contributed by atoms with E-state index in [1.54, 1.807) is 0 Å². The van der Waals surface area contributed by atoms with E-state index in [0.29, 0.717) is 0 Å². The van der Waals surface area contributed by atoms with Crippen LogP contribution in [0.4, 0.5) is 4.48 Å². The Hall–Kier alpha value is -0.190. The third-order valence-corrected chi connectivity index (χ3v) is 0.0445. The number of hydrogen-bond acceptors (Lipinski definition) is 2. The van der Waals surface area contributed by atoms with Crippen molar-refractivity contribution < 1.29 is 10.1 Å². The largest absolute Gasteiger partial charge is 0.613 e. The van der Waals surface area contributed by atoms with Crippen molar-refractivity contribution in [2.75, 3.05) is 0 Å². The minimum atomic E-state index is -0.0417. The number of quaternary nitrogens is 1. The lowest BCUT2D eigenvalue weighted by Crippen LogP contribution is -2.84. The molecule has 0 aliphatic rings. The van der Waals surface area contributed by atoms with E-state index in [1.807, 2.05) is 0 Å². The fourth-order valence-electron chi connectivity index (χ4n) is 0. The van der Waals surface area contributed by atoms with Gasteiger partial charge in [-0.3, -0.25) is 5.59 Å². The first-order valence-corrected chi connectivity index (χ1v) is 0.713. The van der Waals surface area contributed by atoms with Gasteiger partial charge in [-0.05, 0) is 5.65 Å². The van der Waals surface area contributed by atoms with Crippen molar-refractivity contribution in [1.29, 1.82) is 0 Å².